The topological polar surface area (TPSA) is 90.1 Å². The maximum absolute atomic E-state index is 13.9. The lowest BCUT2D eigenvalue weighted by Crippen LogP contribution is -2.15. The van der Waals surface area contributed by atoms with E-state index in [0.29, 0.717) is 28.3 Å². The summed E-state index contributed by atoms with van der Waals surface area (Å²) in [7, 11) is 1.56. The molecule has 0 aliphatic rings. The molecule has 0 fully saturated rings. The lowest BCUT2D eigenvalue weighted by atomic mass is 10.0. The number of halogens is 1. The van der Waals surface area contributed by atoms with Crippen LogP contribution in [0.2, 0.25) is 0 Å². The number of rotatable bonds is 6. The molecule has 1 amide bonds. The number of hydrogen-bond donors (Lipinski definition) is 1. The number of hydrogen-bond acceptors (Lipinski definition) is 6. The third-order valence-corrected chi connectivity index (χ3v) is 4.45. The van der Waals surface area contributed by atoms with Crippen LogP contribution in [-0.2, 0) is 11.2 Å². The molecule has 8 heteroatoms. The second kappa shape index (κ2) is 8.52. The zero-order valence-electron chi connectivity index (χ0n) is 16.0. The highest BCUT2D eigenvalue weighted by Crippen LogP contribution is 2.40. The van der Waals surface area contributed by atoms with Gasteiger partial charge < -0.3 is 9.26 Å². The molecule has 0 unspecified atom stereocenters. The third kappa shape index (κ3) is 3.88. The molecule has 4 rings (SSSR count). The quantitative estimate of drug-likeness (QED) is 0.520. The van der Waals surface area contributed by atoms with Crippen molar-refractivity contribution in [3.63, 3.8) is 0 Å². The van der Waals surface area contributed by atoms with Gasteiger partial charge >= 0.3 is 0 Å². The normalized spacial score (nSPS) is 10.6. The van der Waals surface area contributed by atoms with E-state index in [1.807, 2.05) is 18.2 Å². The van der Waals surface area contributed by atoms with E-state index in [0.717, 1.165) is 0 Å². The monoisotopic (exact) mass is 404 g/mol. The van der Waals surface area contributed by atoms with Gasteiger partial charge in [0.05, 0.1) is 24.8 Å². The fraction of sp³-hybridized carbons (Fsp3) is 0.0909. The number of anilines is 1. The first-order valence-electron chi connectivity index (χ1n) is 9.10. The Morgan fingerprint density at radius 2 is 1.93 bits per heavy atom. The summed E-state index contributed by atoms with van der Waals surface area (Å²) in [5.41, 5.74) is 2.39. The van der Waals surface area contributed by atoms with Crippen molar-refractivity contribution < 1.29 is 18.4 Å². The highest BCUT2D eigenvalue weighted by Gasteiger charge is 2.24. The van der Waals surface area contributed by atoms with Gasteiger partial charge in [-0.15, -0.1) is 0 Å². The van der Waals surface area contributed by atoms with E-state index >= 15 is 0 Å². The molecule has 7 nitrogen and oxygen atoms in total. The number of para-hydroxylation sites is 1. The van der Waals surface area contributed by atoms with E-state index in [9.17, 15) is 9.18 Å². The number of carbonyl (C=O) groups is 1. The van der Waals surface area contributed by atoms with Crippen molar-refractivity contribution in [2.45, 2.75) is 6.42 Å². The Labute approximate surface area is 171 Å². The minimum atomic E-state index is -0.448. The molecular weight excluding hydrogens is 387 g/mol. The Bertz CT molecular complexity index is 1180. The summed E-state index contributed by atoms with van der Waals surface area (Å²) in [5, 5.41) is 6.82. The molecule has 0 atom stereocenters. The minimum Gasteiger partial charge on any atom is -0.496 e. The Hall–Kier alpha value is -4.07. The zero-order valence-corrected chi connectivity index (χ0v) is 16.0. The number of benzene rings is 2. The largest absolute Gasteiger partial charge is 0.496 e. The number of ether oxygens (including phenoxy) is 1. The van der Waals surface area contributed by atoms with Crippen LogP contribution in [0.5, 0.6) is 5.75 Å². The summed E-state index contributed by atoms with van der Waals surface area (Å²) >= 11 is 0. The van der Waals surface area contributed by atoms with Gasteiger partial charge in [-0.05, 0) is 29.8 Å². The molecule has 0 radical (unpaired) electrons. The van der Waals surface area contributed by atoms with Gasteiger partial charge in [-0.2, -0.15) is 0 Å². The summed E-state index contributed by atoms with van der Waals surface area (Å²) in [5.74, 6) is -0.199. The van der Waals surface area contributed by atoms with Crippen LogP contribution in [0.15, 0.2) is 71.6 Å². The molecule has 0 aliphatic heterocycles. The summed E-state index contributed by atoms with van der Waals surface area (Å²) in [6.07, 6.45) is 2.81. The van der Waals surface area contributed by atoms with Gasteiger partial charge in [-0.1, -0.05) is 35.5 Å². The molecule has 2 aromatic carbocycles. The van der Waals surface area contributed by atoms with Crippen molar-refractivity contribution >= 4 is 11.8 Å². The molecule has 0 saturated heterocycles. The molecule has 2 aromatic heterocycles. The first kappa shape index (κ1) is 19.3. The van der Waals surface area contributed by atoms with Crippen LogP contribution in [0, 0.1) is 5.82 Å². The van der Waals surface area contributed by atoms with Crippen LogP contribution in [0.3, 0.4) is 0 Å². The number of nitrogens with one attached hydrogen (secondary N) is 1. The highest BCUT2D eigenvalue weighted by molar-refractivity contribution is 5.97. The Morgan fingerprint density at radius 3 is 2.70 bits per heavy atom. The summed E-state index contributed by atoms with van der Waals surface area (Å²) in [4.78, 5) is 20.8. The molecule has 0 aliphatic carbocycles. The van der Waals surface area contributed by atoms with Gasteiger partial charge in [0.15, 0.2) is 0 Å². The number of aromatic nitrogens is 3. The standard InChI is InChI=1S/C22H17FN4O3/c1-29-18-9-5-3-7-15(18)21-20(17-10-11-24-13-25-17)22(30-27-21)26-19(28)12-14-6-2-4-8-16(14)23/h2-11,13H,12H2,1H3,(H,26,28). The number of carbonyl (C=O) groups excluding carboxylic acids is 1. The van der Waals surface area contributed by atoms with Crippen molar-refractivity contribution in [2.75, 3.05) is 12.4 Å². The van der Waals surface area contributed by atoms with Crippen LogP contribution >= 0.6 is 0 Å². The lowest BCUT2D eigenvalue weighted by molar-refractivity contribution is -0.115. The number of amides is 1. The summed E-state index contributed by atoms with van der Waals surface area (Å²) < 4.78 is 24.8. The number of methoxy groups -OCH3 is 1. The SMILES string of the molecule is COc1ccccc1-c1noc(NC(=O)Cc2ccccc2F)c1-c1ccncn1. The molecule has 0 spiro atoms. The number of nitrogens with zero attached hydrogens (tertiary/aromatic N) is 3. The van der Waals surface area contributed by atoms with Gasteiger partial charge in [0, 0.05) is 11.8 Å². The van der Waals surface area contributed by atoms with Crippen molar-refractivity contribution in [2.24, 2.45) is 0 Å². The molecule has 30 heavy (non-hydrogen) atoms. The van der Waals surface area contributed by atoms with E-state index in [2.05, 4.69) is 20.4 Å². The third-order valence-electron chi connectivity index (χ3n) is 4.45. The minimum absolute atomic E-state index is 0.107. The van der Waals surface area contributed by atoms with E-state index in [-0.39, 0.29) is 17.9 Å². The molecule has 0 bridgehead atoms. The molecule has 2 heterocycles. The Kier molecular flexibility index (Phi) is 5.47. The average Bonchev–Trinajstić information content (AvgIpc) is 3.19. The molecule has 150 valence electrons. The van der Waals surface area contributed by atoms with Crippen LogP contribution in [0.4, 0.5) is 10.3 Å². The maximum Gasteiger partial charge on any atom is 0.241 e. The van der Waals surface area contributed by atoms with Crippen LogP contribution in [-0.4, -0.2) is 28.1 Å². The van der Waals surface area contributed by atoms with Crippen molar-refractivity contribution in [1.29, 1.82) is 0 Å². The first-order chi connectivity index (χ1) is 14.7. The average molecular weight is 404 g/mol. The van der Waals surface area contributed by atoms with Crippen molar-refractivity contribution in [3.05, 3.63) is 78.5 Å². The summed E-state index contributed by atoms with van der Waals surface area (Å²) in [6, 6.07) is 15.1. The van der Waals surface area contributed by atoms with Gasteiger partial charge in [0.25, 0.3) is 0 Å². The molecule has 1 N–H and O–H groups in total. The van der Waals surface area contributed by atoms with Gasteiger partial charge in [-0.3, -0.25) is 10.1 Å². The smallest absolute Gasteiger partial charge is 0.241 e. The fourth-order valence-corrected chi connectivity index (χ4v) is 3.06. The predicted molar refractivity (Wildman–Crippen MR) is 108 cm³/mol. The molecule has 0 saturated carbocycles. The summed E-state index contributed by atoms with van der Waals surface area (Å²) in [6.45, 7) is 0. The lowest BCUT2D eigenvalue weighted by Gasteiger charge is -2.08. The fourth-order valence-electron chi connectivity index (χ4n) is 3.06. The molecule has 4 aromatic rings. The second-order valence-electron chi connectivity index (χ2n) is 6.35. The first-order valence-corrected chi connectivity index (χ1v) is 9.10. The van der Waals surface area contributed by atoms with Gasteiger partial charge in [0.1, 0.15) is 23.6 Å². The van der Waals surface area contributed by atoms with E-state index in [4.69, 9.17) is 9.26 Å². The highest BCUT2D eigenvalue weighted by atomic mass is 19.1. The molecular formula is C22H17FN4O3. The van der Waals surface area contributed by atoms with E-state index < -0.39 is 11.7 Å². The van der Waals surface area contributed by atoms with Crippen LogP contribution in [0.25, 0.3) is 22.5 Å². The van der Waals surface area contributed by atoms with Crippen LogP contribution < -0.4 is 10.1 Å². The second-order valence-corrected chi connectivity index (χ2v) is 6.35. The van der Waals surface area contributed by atoms with Gasteiger partial charge in [-0.25, -0.2) is 14.4 Å². The predicted octanol–water partition coefficient (Wildman–Crippen LogP) is 4.13. The van der Waals surface area contributed by atoms with Crippen molar-refractivity contribution in [1.82, 2.24) is 15.1 Å². The van der Waals surface area contributed by atoms with Crippen molar-refractivity contribution in [3.8, 4) is 28.3 Å². The van der Waals surface area contributed by atoms with E-state index in [1.54, 1.807) is 43.6 Å². The van der Waals surface area contributed by atoms with E-state index in [1.165, 1.54) is 12.4 Å². The Balaban J connectivity index is 1.73. The van der Waals surface area contributed by atoms with Gasteiger partial charge in [0.2, 0.25) is 11.8 Å². The zero-order chi connectivity index (χ0) is 20.9. The Morgan fingerprint density at radius 1 is 1.13 bits per heavy atom. The maximum atomic E-state index is 13.9. The van der Waals surface area contributed by atoms with Crippen LogP contribution in [0.1, 0.15) is 5.56 Å².